The topological polar surface area (TPSA) is 84.7 Å². The molecule has 0 amide bonds. The van der Waals surface area contributed by atoms with Gasteiger partial charge in [0.2, 0.25) is 0 Å². The molecule has 0 aliphatic heterocycles. The molecule has 0 heterocycles. The van der Waals surface area contributed by atoms with Crippen LogP contribution in [0.15, 0.2) is 24.3 Å². The molecule has 1 atom stereocenters. The van der Waals surface area contributed by atoms with Crippen molar-refractivity contribution >= 4 is 23.4 Å². The van der Waals surface area contributed by atoms with E-state index in [4.69, 9.17) is 0 Å². The van der Waals surface area contributed by atoms with Gasteiger partial charge in [0.05, 0.1) is 12.0 Å². The number of nitro benzene ring substituents is 1. The first kappa shape index (κ1) is 17.9. The van der Waals surface area contributed by atoms with Crippen LogP contribution >= 0.6 is 0 Å². The zero-order valence-corrected chi connectivity index (χ0v) is 14.2. The lowest BCUT2D eigenvalue weighted by atomic mass is 10.1. The molecule has 1 aromatic rings. The Hall–Kier alpha value is -2.41. The second kappa shape index (κ2) is 7.92. The smallest absolute Gasteiger partial charge is 0.330 e. The minimum atomic E-state index is -0.502. The number of nitrogens with one attached hydrogen (secondary N) is 1. The summed E-state index contributed by atoms with van der Waals surface area (Å²) in [6, 6.07) is 5.22. The molecule has 0 bridgehead atoms. The molecule has 0 radical (unpaired) electrons. The van der Waals surface area contributed by atoms with Gasteiger partial charge in [-0.1, -0.05) is 6.07 Å². The van der Waals surface area contributed by atoms with E-state index >= 15 is 0 Å². The van der Waals surface area contributed by atoms with Crippen LogP contribution in [0.5, 0.6) is 0 Å². The normalized spacial score (nSPS) is 15.5. The van der Waals surface area contributed by atoms with Crippen molar-refractivity contribution in [1.29, 1.82) is 0 Å². The van der Waals surface area contributed by atoms with Gasteiger partial charge in [-0.3, -0.25) is 10.1 Å². The monoisotopic (exact) mass is 333 g/mol. The number of hydrogen-bond acceptors (Lipinski definition) is 6. The van der Waals surface area contributed by atoms with Gasteiger partial charge in [0.1, 0.15) is 5.69 Å². The number of carbonyl (C=O) groups excluding carboxylic acids is 1. The number of hydrogen-bond donors (Lipinski definition) is 1. The average Bonchev–Trinajstić information content (AvgIpc) is 3.37. The fraction of sp³-hybridized carbons (Fsp3) is 0.471. The van der Waals surface area contributed by atoms with Crippen molar-refractivity contribution in [2.45, 2.75) is 18.9 Å². The lowest BCUT2D eigenvalue weighted by Gasteiger charge is -2.24. The highest BCUT2D eigenvalue weighted by Crippen LogP contribution is 2.35. The minimum absolute atomic E-state index is 0.00433. The molecule has 1 aromatic carbocycles. The number of likely N-dealkylation sites (N-methyl/N-ethyl adjacent to an activating group) is 1. The zero-order chi connectivity index (χ0) is 17.7. The fourth-order valence-corrected chi connectivity index (χ4v) is 2.65. The van der Waals surface area contributed by atoms with E-state index in [1.54, 1.807) is 12.1 Å². The molecule has 1 unspecified atom stereocenters. The van der Waals surface area contributed by atoms with Gasteiger partial charge in [0, 0.05) is 24.7 Å². The number of nitro groups is 1. The average molecular weight is 333 g/mol. The van der Waals surface area contributed by atoms with Crippen LogP contribution in [0.3, 0.4) is 0 Å². The summed E-state index contributed by atoms with van der Waals surface area (Å²) in [6.07, 6.45) is 5.16. The Bertz CT molecular complexity index is 637. The van der Waals surface area contributed by atoms with E-state index in [9.17, 15) is 14.9 Å². The quantitative estimate of drug-likeness (QED) is 0.341. The van der Waals surface area contributed by atoms with Crippen molar-refractivity contribution in [3.05, 3.63) is 40.0 Å². The number of benzene rings is 1. The summed E-state index contributed by atoms with van der Waals surface area (Å²) in [6.45, 7) is 0.663. The molecule has 7 nitrogen and oxygen atoms in total. The number of methoxy groups -OCH3 is 1. The van der Waals surface area contributed by atoms with Crippen molar-refractivity contribution < 1.29 is 14.5 Å². The Labute approximate surface area is 141 Å². The van der Waals surface area contributed by atoms with Crippen molar-refractivity contribution in [3.63, 3.8) is 0 Å². The number of nitrogens with zero attached hydrogens (tertiary/aromatic N) is 2. The summed E-state index contributed by atoms with van der Waals surface area (Å²) in [7, 11) is 5.34. The maximum Gasteiger partial charge on any atom is 0.330 e. The first-order valence-electron chi connectivity index (χ1n) is 7.87. The third-order valence-corrected chi connectivity index (χ3v) is 4.16. The highest BCUT2D eigenvalue weighted by molar-refractivity contribution is 5.87. The van der Waals surface area contributed by atoms with Crippen LogP contribution in [0.25, 0.3) is 6.08 Å². The lowest BCUT2D eigenvalue weighted by molar-refractivity contribution is -0.384. The van der Waals surface area contributed by atoms with Crippen LogP contribution in [0.1, 0.15) is 18.4 Å². The molecule has 7 heteroatoms. The van der Waals surface area contributed by atoms with Crippen molar-refractivity contribution in [2.75, 3.05) is 33.1 Å². The molecular weight excluding hydrogens is 310 g/mol. The van der Waals surface area contributed by atoms with E-state index in [1.807, 2.05) is 14.1 Å². The Morgan fingerprint density at radius 1 is 1.50 bits per heavy atom. The van der Waals surface area contributed by atoms with Gasteiger partial charge in [-0.2, -0.15) is 0 Å². The van der Waals surface area contributed by atoms with Crippen LogP contribution in [-0.2, 0) is 9.53 Å². The summed E-state index contributed by atoms with van der Waals surface area (Å²) in [5.41, 5.74) is 1.06. The SMILES string of the molecule is COC(=O)/C=C/c1ccc(NCC(C2CC2)N(C)C)c([N+](=O)[O-])c1. The fourth-order valence-electron chi connectivity index (χ4n) is 2.65. The molecule has 1 fully saturated rings. The summed E-state index contributed by atoms with van der Waals surface area (Å²) < 4.78 is 4.51. The standard InChI is InChI=1S/C17H23N3O4/c1-19(2)16(13-6-7-13)11-18-14-8-4-12(5-9-17(21)24-3)10-15(14)20(22)23/h4-5,8-10,13,16,18H,6-7,11H2,1-3H3/b9-5+. The maximum atomic E-state index is 11.3. The van der Waals surface area contributed by atoms with Crippen LogP contribution in [0.2, 0.25) is 0 Å². The second-order valence-electron chi connectivity index (χ2n) is 6.14. The van der Waals surface area contributed by atoms with Gasteiger partial charge in [0.25, 0.3) is 5.69 Å². The van der Waals surface area contributed by atoms with Crippen molar-refractivity contribution in [1.82, 2.24) is 4.90 Å². The predicted octanol–water partition coefficient (Wildman–Crippen LogP) is 2.53. The molecule has 1 aliphatic carbocycles. The first-order valence-corrected chi connectivity index (χ1v) is 7.87. The Balaban J connectivity index is 2.12. The molecule has 0 spiro atoms. The number of carbonyl (C=O) groups is 1. The molecule has 130 valence electrons. The van der Waals surface area contributed by atoms with Gasteiger partial charge in [0.15, 0.2) is 0 Å². The van der Waals surface area contributed by atoms with E-state index < -0.39 is 10.9 Å². The third kappa shape index (κ3) is 4.79. The first-order chi connectivity index (χ1) is 11.4. The van der Waals surface area contributed by atoms with Gasteiger partial charge in [-0.25, -0.2) is 4.79 Å². The van der Waals surface area contributed by atoms with E-state index in [2.05, 4.69) is 15.0 Å². The van der Waals surface area contributed by atoms with Crippen LogP contribution in [-0.4, -0.2) is 49.6 Å². The van der Waals surface area contributed by atoms with Crippen molar-refractivity contribution in [2.24, 2.45) is 5.92 Å². The van der Waals surface area contributed by atoms with Gasteiger partial charge in [-0.05, 0) is 50.6 Å². The number of esters is 1. The third-order valence-electron chi connectivity index (χ3n) is 4.16. The second-order valence-corrected chi connectivity index (χ2v) is 6.14. The summed E-state index contributed by atoms with van der Waals surface area (Å²) in [5, 5.41) is 14.5. The summed E-state index contributed by atoms with van der Waals surface area (Å²) in [4.78, 5) is 24.2. The molecule has 0 aromatic heterocycles. The van der Waals surface area contributed by atoms with Crippen LogP contribution in [0.4, 0.5) is 11.4 Å². The lowest BCUT2D eigenvalue weighted by Crippen LogP contribution is -2.36. The number of ether oxygens (including phenoxy) is 1. The molecule has 24 heavy (non-hydrogen) atoms. The number of anilines is 1. The van der Waals surface area contributed by atoms with Gasteiger partial charge >= 0.3 is 5.97 Å². The summed E-state index contributed by atoms with van der Waals surface area (Å²) >= 11 is 0. The molecule has 0 saturated heterocycles. The molecule has 1 aliphatic rings. The maximum absolute atomic E-state index is 11.3. The van der Waals surface area contributed by atoms with Gasteiger partial charge in [-0.15, -0.1) is 0 Å². The Morgan fingerprint density at radius 2 is 2.21 bits per heavy atom. The molecular formula is C17H23N3O4. The molecule has 1 N–H and O–H groups in total. The van der Waals surface area contributed by atoms with Crippen molar-refractivity contribution in [3.8, 4) is 0 Å². The van der Waals surface area contributed by atoms with Crippen LogP contribution in [0, 0.1) is 16.0 Å². The van der Waals surface area contributed by atoms with E-state index in [1.165, 1.54) is 38.2 Å². The van der Waals surface area contributed by atoms with E-state index in [-0.39, 0.29) is 5.69 Å². The summed E-state index contributed by atoms with van der Waals surface area (Å²) in [5.74, 6) is 0.159. The highest BCUT2D eigenvalue weighted by atomic mass is 16.6. The predicted molar refractivity (Wildman–Crippen MR) is 92.8 cm³/mol. The Morgan fingerprint density at radius 3 is 2.75 bits per heavy atom. The Kier molecular flexibility index (Phi) is 5.92. The van der Waals surface area contributed by atoms with Crippen LogP contribution < -0.4 is 5.32 Å². The van der Waals surface area contributed by atoms with E-state index in [0.29, 0.717) is 29.8 Å². The molecule has 1 saturated carbocycles. The van der Waals surface area contributed by atoms with E-state index in [0.717, 1.165) is 0 Å². The highest BCUT2D eigenvalue weighted by Gasteiger charge is 2.32. The largest absolute Gasteiger partial charge is 0.466 e. The van der Waals surface area contributed by atoms with Gasteiger partial charge < -0.3 is 15.0 Å². The zero-order valence-electron chi connectivity index (χ0n) is 14.2. The minimum Gasteiger partial charge on any atom is -0.466 e. The number of rotatable bonds is 8. The molecule has 2 rings (SSSR count).